The van der Waals surface area contributed by atoms with Gasteiger partial charge < -0.3 is 4.74 Å². The Balaban J connectivity index is 2.08. The first-order valence-electron chi connectivity index (χ1n) is 7.89. The summed E-state index contributed by atoms with van der Waals surface area (Å²) in [5.74, 6) is 0.902. The summed E-state index contributed by atoms with van der Waals surface area (Å²) in [6.07, 6.45) is 0.786. The highest BCUT2D eigenvalue weighted by Crippen LogP contribution is 2.29. The Morgan fingerprint density at radius 3 is 2.75 bits per heavy atom. The van der Waals surface area contributed by atoms with Crippen molar-refractivity contribution in [2.75, 3.05) is 20.3 Å². The van der Waals surface area contributed by atoms with Gasteiger partial charge in [0.2, 0.25) is 0 Å². The van der Waals surface area contributed by atoms with Gasteiger partial charge in [0, 0.05) is 36.1 Å². The minimum Gasteiger partial charge on any atom is -0.385 e. The second-order valence-corrected chi connectivity index (χ2v) is 7.75. The fourth-order valence-corrected chi connectivity index (χ4v) is 4.02. The standard InChI is InChI=1S/C17H22Cl2N2O2S/c1-11(2)15-16(22)21(7-4-8-23-3)17(20-15)24-10-12-5-6-13(18)9-14(12)19/h5-6,9,11,15H,4,7-8,10H2,1-3H3/t15-/m0/s1. The molecule has 0 bridgehead atoms. The summed E-state index contributed by atoms with van der Waals surface area (Å²) >= 11 is 13.7. The highest BCUT2D eigenvalue weighted by molar-refractivity contribution is 8.13. The Bertz CT molecular complexity index is 623. The second kappa shape index (κ2) is 9.09. The lowest BCUT2D eigenvalue weighted by Gasteiger charge is -2.19. The highest BCUT2D eigenvalue weighted by Gasteiger charge is 2.36. The van der Waals surface area contributed by atoms with E-state index in [-0.39, 0.29) is 17.9 Å². The molecule has 0 radical (unpaired) electrons. The number of aliphatic imine (C=N–C) groups is 1. The van der Waals surface area contributed by atoms with Gasteiger partial charge in [-0.15, -0.1) is 0 Å². The van der Waals surface area contributed by atoms with Crippen molar-refractivity contribution in [3.8, 4) is 0 Å². The Hall–Kier alpha value is -0.750. The summed E-state index contributed by atoms with van der Waals surface area (Å²) in [5, 5.41) is 2.01. The normalized spacial score (nSPS) is 17.8. The van der Waals surface area contributed by atoms with Crippen LogP contribution in [-0.4, -0.2) is 42.3 Å². The molecule has 1 heterocycles. The summed E-state index contributed by atoms with van der Waals surface area (Å²) in [6.45, 7) is 5.28. The molecule has 0 saturated carbocycles. The molecule has 0 N–H and O–H groups in total. The molecule has 0 saturated heterocycles. The van der Waals surface area contributed by atoms with E-state index in [4.69, 9.17) is 27.9 Å². The lowest BCUT2D eigenvalue weighted by atomic mass is 10.1. The minimum atomic E-state index is -0.296. The van der Waals surface area contributed by atoms with Gasteiger partial charge >= 0.3 is 0 Å². The van der Waals surface area contributed by atoms with Crippen LogP contribution >= 0.6 is 35.0 Å². The Morgan fingerprint density at radius 2 is 2.12 bits per heavy atom. The maximum atomic E-state index is 12.6. The average molecular weight is 389 g/mol. The van der Waals surface area contributed by atoms with Crippen LogP contribution in [0.25, 0.3) is 0 Å². The number of halogens is 2. The van der Waals surface area contributed by atoms with E-state index >= 15 is 0 Å². The van der Waals surface area contributed by atoms with Gasteiger partial charge in [-0.25, -0.2) is 4.99 Å². The number of nitrogens with zero attached hydrogens (tertiary/aromatic N) is 2. The molecule has 132 valence electrons. The van der Waals surface area contributed by atoms with Gasteiger partial charge in [-0.2, -0.15) is 0 Å². The van der Waals surface area contributed by atoms with Crippen LogP contribution in [0.1, 0.15) is 25.8 Å². The number of hydrogen-bond acceptors (Lipinski definition) is 4. The molecular formula is C17H22Cl2N2O2S. The van der Waals surface area contributed by atoms with Crippen molar-refractivity contribution in [1.82, 2.24) is 4.90 Å². The third kappa shape index (κ3) is 4.88. The monoisotopic (exact) mass is 388 g/mol. The fourth-order valence-electron chi connectivity index (χ4n) is 2.40. The number of benzene rings is 1. The number of thioether (sulfide) groups is 1. The predicted octanol–water partition coefficient (Wildman–Crippen LogP) is 4.49. The quantitative estimate of drug-likeness (QED) is 0.646. The van der Waals surface area contributed by atoms with Crippen molar-refractivity contribution < 1.29 is 9.53 Å². The maximum Gasteiger partial charge on any atom is 0.253 e. The van der Waals surface area contributed by atoms with E-state index in [2.05, 4.69) is 4.99 Å². The fraction of sp³-hybridized carbons (Fsp3) is 0.529. The molecule has 1 aromatic rings. The van der Waals surface area contributed by atoms with Crippen LogP contribution in [0.5, 0.6) is 0 Å². The van der Waals surface area contributed by atoms with Crippen LogP contribution in [0, 0.1) is 5.92 Å². The summed E-state index contributed by atoms with van der Waals surface area (Å²) in [5.41, 5.74) is 0.978. The van der Waals surface area contributed by atoms with Crippen molar-refractivity contribution in [2.24, 2.45) is 10.9 Å². The highest BCUT2D eigenvalue weighted by atomic mass is 35.5. The predicted molar refractivity (Wildman–Crippen MR) is 102 cm³/mol. The topological polar surface area (TPSA) is 41.9 Å². The smallest absolute Gasteiger partial charge is 0.253 e. The summed E-state index contributed by atoms with van der Waals surface area (Å²) in [4.78, 5) is 19.0. The number of hydrogen-bond donors (Lipinski definition) is 0. The van der Waals surface area contributed by atoms with Crippen LogP contribution in [0.15, 0.2) is 23.2 Å². The molecule has 0 spiro atoms. The number of amides is 1. The van der Waals surface area contributed by atoms with Crippen molar-refractivity contribution in [1.29, 1.82) is 0 Å². The third-order valence-electron chi connectivity index (χ3n) is 3.73. The average Bonchev–Trinajstić information content (AvgIpc) is 2.84. The maximum absolute atomic E-state index is 12.6. The largest absolute Gasteiger partial charge is 0.385 e. The number of methoxy groups -OCH3 is 1. The molecule has 7 heteroatoms. The molecule has 1 aliphatic rings. The zero-order chi connectivity index (χ0) is 17.7. The molecule has 1 aliphatic heterocycles. The number of carbonyl (C=O) groups excluding carboxylic acids is 1. The van der Waals surface area contributed by atoms with Crippen molar-refractivity contribution in [2.45, 2.75) is 32.1 Å². The van der Waals surface area contributed by atoms with Crippen LogP contribution in [-0.2, 0) is 15.3 Å². The van der Waals surface area contributed by atoms with Crippen LogP contribution in [0.4, 0.5) is 0 Å². The third-order valence-corrected chi connectivity index (χ3v) is 5.36. The van der Waals surface area contributed by atoms with Crippen LogP contribution in [0.2, 0.25) is 10.0 Å². The lowest BCUT2D eigenvalue weighted by Crippen LogP contribution is -2.37. The van der Waals surface area contributed by atoms with Gasteiger partial charge in [0.1, 0.15) is 6.04 Å². The van der Waals surface area contributed by atoms with E-state index in [1.54, 1.807) is 18.1 Å². The Labute approximate surface area is 157 Å². The Morgan fingerprint density at radius 1 is 1.38 bits per heavy atom. The van der Waals surface area contributed by atoms with E-state index in [9.17, 15) is 4.79 Å². The van der Waals surface area contributed by atoms with E-state index in [1.165, 1.54) is 11.8 Å². The molecule has 0 aromatic heterocycles. The van der Waals surface area contributed by atoms with Crippen LogP contribution in [0.3, 0.4) is 0 Å². The lowest BCUT2D eigenvalue weighted by molar-refractivity contribution is -0.128. The van der Waals surface area contributed by atoms with Crippen molar-refractivity contribution in [3.63, 3.8) is 0 Å². The first-order valence-corrected chi connectivity index (χ1v) is 9.63. The van der Waals surface area contributed by atoms with Crippen LogP contribution < -0.4 is 0 Å². The number of carbonyl (C=O) groups is 1. The first kappa shape index (κ1) is 19.6. The first-order chi connectivity index (χ1) is 11.4. The van der Waals surface area contributed by atoms with E-state index in [0.29, 0.717) is 28.9 Å². The number of ether oxygens (including phenoxy) is 1. The van der Waals surface area contributed by atoms with Gasteiger partial charge in [0.15, 0.2) is 5.17 Å². The number of rotatable bonds is 7. The molecule has 24 heavy (non-hydrogen) atoms. The molecule has 1 atom stereocenters. The molecule has 0 aliphatic carbocycles. The van der Waals surface area contributed by atoms with E-state index in [0.717, 1.165) is 17.2 Å². The molecule has 1 amide bonds. The molecular weight excluding hydrogens is 367 g/mol. The molecule has 2 rings (SSSR count). The van der Waals surface area contributed by atoms with Gasteiger partial charge in [-0.3, -0.25) is 9.69 Å². The van der Waals surface area contributed by atoms with Gasteiger partial charge in [-0.05, 0) is 30.0 Å². The number of amidine groups is 1. The Kier molecular flexibility index (Phi) is 7.41. The van der Waals surface area contributed by atoms with Gasteiger partial charge in [0.25, 0.3) is 5.91 Å². The molecule has 0 fully saturated rings. The summed E-state index contributed by atoms with van der Waals surface area (Å²) in [6, 6.07) is 5.16. The second-order valence-electron chi connectivity index (χ2n) is 5.96. The zero-order valence-electron chi connectivity index (χ0n) is 14.1. The minimum absolute atomic E-state index is 0.0748. The summed E-state index contributed by atoms with van der Waals surface area (Å²) < 4.78 is 5.09. The van der Waals surface area contributed by atoms with Gasteiger partial charge in [-0.1, -0.05) is 54.9 Å². The molecule has 0 unspecified atom stereocenters. The summed E-state index contributed by atoms with van der Waals surface area (Å²) in [7, 11) is 1.66. The van der Waals surface area contributed by atoms with Crippen molar-refractivity contribution in [3.05, 3.63) is 33.8 Å². The van der Waals surface area contributed by atoms with E-state index in [1.807, 2.05) is 26.0 Å². The SMILES string of the molecule is COCCCN1C(=O)[C@H](C(C)C)N=C1SCc1ccc(Cl)cc1Cl. The van der Waals surface area contributed by atoms with Crippen molar-refractivity contribution >= 4 is 46.0 Å². The zero-order valence-corrected chi connectivity index (χ0v) is 16.4. The molecule has 4 nitrogen and oxygen atoms in total. The molecule has 1 aromatic carbocycles. The van der Waals surface area contributed by atoms with Gasteiger partial charge in [0.05, 0.1) is 0 Å². The van der Waals surface area contributed by atoms with E-state index < -0.39 is 0 Å².